The van der Waals surface area contributed by atoms with E-state index in [0.29, 0.717) is 5.69 Å². The number of nitrogens with zero attached hydrogens (tertiary/aromatic N) is 4. The summed E-state index contributed by atoms with van der Waals surface area (Å²) in [6.45, 7) is 0.951. The largest absolute Gasteiger partial charge is 0.309 e. The first-order chi connectivity index (χ1) is 14.1. The first kappa shape index (κ1) is 19.1. The number of benzene rings is 2. The molecule has 2 heterocycles. The molecule has 4 rings (SSSR count). The van der Waals surface area contributed by atoms with Gasteiger partial charge in [0.1, 0.15) is 5.69 Å². The van der Waals surface area contributed by atoms with E-state index in [0.717, 1.165) is 29.4 Å². The number of hydrogen-bond acceptors (Lipinski definition) is 4. The lowest BCUT2D eigenvalue weighted by molar-refractivity contribution is 0.0989. The molecule has 0 spiro atoms. The molecule has 0 radical (unpaired) electrons. The highest BCUT2D eigenvalue weighted by Crippen LogP contribution is 2.23. The summed E-state index contributed by atoms with van der Waals surface area (Å²) >= 11 is 0. The predicted octanol–water partition coefficient (Wildman–Crippen LogP) is 3.73. The van der Waals surface area contributed by atoms with Gasteiger partial charge in [-0.15, -0.1) is 0 Å². The zero-order chi connectivity index (χ0) is 20.2. The Labute approximate surface area is 170 Å². The first-order valence-corrected chi connectivity index (χ1v) is 9.81. The Bertz CT molecular complexity index is 1100. The summed E-state index contributed by atoms with van der Waals surface area (Å²) in [5, 5.41) is 12.6. The number of para-hydroxylation sites is 1. The Morgan fingerprint density at radius 3 is 2.66 bits per heavy atom. The standard InChI is InChI=1S/C23H25N5O/c1-27(2)13-12-21(18-8-4-3-5-9-18)28-16-17(15-24-28)14-22(29)23-19-10-6-7-11-20(19)25-26-23/h3-11,15-16,21H,12-14H2,1-2H3,(H,25,26). The summed E-state index contributed by atoms with van der Waals surface area (Å²) in [7, 11) is 4.15. The second-order valence-corrected chi connectivity index (χ2v) is 7.56. The number of fused-ring (bicyclic) bond motifs is 1. The SMILES string of the molecule is CN(C)CCC(c1ccccc1)n1cc(CC(=O)c2n[nH]c3ccccc23)cn1. The molecule has 0 aliphatic carbocycles. The molecule has 1 N–H and O–H groups in total. The number of rotatable bonds is 8. The van der Waals surface area contributed by atoms with E-state index in [2.05, 4.69) is 58.6 Å². The molecule has 0 amide bonds. The summed E-state index contributed by atoms with van der Waals surface area (Å²) in [4.78, 5) is 15.0. The minimum atomic E-state index is -0.00782. The van der Waals surface area contributed by atoms with Gasteiger partial charge in [0.05, 0.1) is 17.8 Å². The van der Waals surface area contributed by atoms with Gasteiger partial charge in [0.15, 0.2) is 5.78 Å². The van der Waals surface area contributed by atoms with E-state index >= 15 is 0 Å². The van der Waals surface area contributed by atoms with Crippen LogP contribution in [0.15, 0.2) is 67.0 Å². The Hall–Kier alpha value is -3.25. The van der Waals surface area contributed by atoms with E-state index in [4.69, 9.17) is 0 Å². The number of H-pyrrole nitrogens is 1. The van der Waals surface area contributed by atoms with Crippen LogP contribution in [0.1, 0.15) is 34.1 Å². The van der Waals surface area contributed by atoms with Crippen LogP contribution in [-0.4, -0.2) is 51.3 Å². The smallest absolute Gasteiger partial charge is 0.188 e. The third-order valence-corrected chi connectivity index (χ3v) is 5.11. The zero-order valence-corrected chi connectivity index (χ0v) is 16.7. The Morgan fingerprint density at radius 1 is 1.10 bits per heavy atom. The number of hydrogen-bond donors (Lipinski definition) is 1. The van der Waals surface area contributed by atoms with Gasteiger partial charge in [-0.25, -0.2) is 0 Å². The average Bonchev–Trinajstić information content (AvgIpc) is 3.36. The van der Waals surface area contributed by atoms with Crippen LogP contribution in [0.25, 0.3) is 10.9 Å². The van der Waals surface area contributed by atoms with E-state index in [1.54, 1.807) is 6.20 Å². The van der Waals surface area contributed by atoms with Gasteiger partial charge in [0.25, 0.3) is 0 Å². The molecular weight excluding hydrogens is 362 g/mol. The lowest BCUT2D eigenvalue weighted by Gasteiger charge is -2.20. The topological polar surface area (TPSA) is 66.8 Å². The maximum atomic E-state index is 12.8. The molecule has 2 aromatic carbocycles. The monoisotopic (exact) mass is 387 g/mol. The van der Waals surface area contributed by atoms with Crippen molar-refractivity contribution in [3.05, 3.63) is 83.8 Å². The van der Waals surface area contributed by atoms with Crippen molar-refractivity contribution in [3.8, 4) is 0 Å². The van der Waals surface area contributed by atoms with Gasteiger partial charge in [-0.1, -0.05) is 48.5 Å². The van der Waals surface area contributed by atoms with Crippen LogP contribution >= 0.6 is 0 Å². The molecule has 29 heavy (non-hydrogen) atoms. The number of nitrogens with one attached hydrogen (secondary N) is 1. The van der Waals surface area contributed by atoms with Gasteiger partial charge in [0, 0.05) is 18.0 Å². The molecular formula is C23H25N5O. The van der Waals surface area contributed by atoms with Crippen molar-refractivity contribution < 1.29 is 4.79 Å². The number of carbonyl (C=O) groups excluding carboxylic acids is 1. The van der Waals surface area contributed by atoms with Gasteiger partial charge in [0.2, 0.25) is 0 Å². The van der Waals surface area contributed by atoms with Crippen LogP contribution in [0.3, 0.4) is 0 Å². The van der Waals surface area contributed by atoms with Gasteiger partial charge < -0.3 is 4.90 Å². The zero-order valence-electron chi connectivity index (χ0n) is 16.7. The Balaban J connectivity index is 1.55. The average molecular weight is 387 g/mol. The molecule has 0 fully saturated rings. The van der Waals surface area contributed by atoms with Crippen LogP contribution in [-0.2, 0) is 6.42 Å². The molecule has 0 aliphatic heterocycles. The Morgan fingerprint density at radius 2 is 1.86 bits per heavy atom. The molecule has 6 nitrogen and oxygen atoms in total. The second kappa shape index (κ2) is 8.41. The predicted molar refractivity (Wildman–Crippen MR) is 114 cm³/mol. The summed E-state index contributed by atoms with van der Waals surface area (Å²) in [6.07, 6.45) is 5.00. The molecule has 0 aliphatic rings. The number of aromatic amines is 1. The molecule has 1 unspecified atom stereocenters. The molecule has 6 heteroatoms. The van der Waals surface area contributed by atoms with Gasteiger partial charge in [-0.05, 0) is 44.3 Å². The van der Waals surface area contributed by atoms with Crippen LogP contribution < -0.4 is 0 Å². The van der Waals surface area contributed by atoms with Crippen LogP contribution in [0.2, 0.25) is 0 Å². The van der Waals surface area contributed by atoms with Crippen molar-refractivity contribution in [2.75, 3.05) is 20.6 Å². The quantitative estimate of drug-likeness (QED) is 0.468. The first-order valence-electron chi connectivity index (χ1n) is 9.81. The summed E-state index contributed by atoms with van der Waals surface area (Å²) in [6, 6.07) is 18.2. The normalized spacial score (nSPS) is 12.5. The van der Waals surface area contributed by atoms with Crippen LogP contribution in [0, 0.1) is 0 Å². The molecule has 0 saturated heterocycles. The van der Waals surface area contributed by atoms with Crippen molar-refractivity contribution in [1.29, 1.82) is 0 Å². The fourth-order valence-corrected chi connectivity index (χ4v) is 3.59. The summed E-state index contributed by atoms with van der Waals surface area (Å²) in [5.74, 6) is -0.00782. The molecule has 1 atom stereocenters. The number of aromatic nitrogens is 4. The highest BCUT2D eigenvalue weighted by Gasteiger charge is 2.18. The van der Waals surface area contributed by atoms with Gasteiger partial charge in [-0.3, -0.25) is 14.6 Å². The van der Waals surface area contributed by atoms with E-state index < -0.39 is 0 Å². The Kier molecular flexibility index (Phi) is 5.53. The van der Waals surface area contributed by atoms with Gasteiger partial charge >= 0.3 is 0 Å². The highest BCUT2D eigenvalue weighted by molar-refractivity contribution is 6.06. The highest BCUT2D eigenvalue weighted by atomic mass is 16.1. The number of carbonyl (C=O) groups is 1. The maximum absolute atomic E-state index is 12.8. The van der Waals surface area contributed by atoms with Crippen LogP contribution in [0.5, 0.6) is 0 Å². The van der Waals surface area contributed by atoms with Crippen molar-refractivity contribution >= 4 is 16.7 Å². The van der Waals surface area contributed by atoms with E-state index in [9.17, 15) is 4.79 Å². The van der Waals surface area contributed by atoms with E-state index in [1.165, 1.54) is 5.56 Å². The lowest BCUT2D eigenvalue weighted by atomic mass is 10.0. The molecule has 148 valence electrons. The van der Waals surface area contributed by atoms with Crippen molar-refractivity contribution in [1.82, 2.24) is 24.9 Å². The summed E-state index contributed by atoms with van der Waals surface area (Å²) in [5.41, 5.74) is 3.47. The maximum Gasteiger partial charge on any atom is 0.188 e. The lowest BCUT2D eigenvalue weighted by Crippen LogP contribution is -2.20. The molecule has 2 aromatic heterocycles. The fourth-order valence-electron chi connectivity index (χ4n) is 3.59. The van der Waals surface area contributed by atoms with Crippen molar-refractivity contribution in [3.63, 3.8) is 0 Å². The number of ketones is 1. The molecule has 0 bridgehead atoms. The van der Waals surface area contributed by atoms with Crippen molar-refractivity contribution in [2.45, 2.75) is 18.9 Å². The fraction of sp³-hybridized carbons (Fsp3) is 0.261. The summed E-state index contributed by atoms with van der Waals surface area (Å²) < 4.78 is 1.98. The van der Waals surface area contributed by atoms with E-state index in [-0.39, 0.29) is 18.2 Å². The number of Topliss-reactive ketones (excluding diaryl/α,β-unsaturated/α-hetero) is 1. The van der Waals surface area contributed by atoms with E-state index in [1.807, 2.05) is 41.2 Å². The minimum Gasteiger partial charge on any atom is -0.309 e. The second-order valence-electron chi connectivity index (χ2n) is 7.56. The third kappa shape index (κ3) is 4.27. The van der Waals surface area contributed by atoms with Crippen LogP contribution in [0.4, 0.5) is 0 Å². The van der Waals surface area contributed by atoms with Crippen molar-refractivity contribution in [2.24, 2.45) is 0 Å². The molecule has 4 aromatic rings. The van der Waals surface area contributed by atoms with Gasteiger partial charge in [-0.2, -0.15) is 10.2 Å². The molecule has 0 saturated carbocycles. The minimum absolute atomic E-state index is 0.00782. The third-order valence-electron chi connectivity index (χ3n) is 5.11.